The Morgan fingerprint density at radius 2 is 1.93 bits per heavy atom. The van der Waals surface area contributed by atoms with E-state index in [-0.39, 0.29) is 11.8 Å². The molecule has 0 fully saturated rings. The number of Topliss-reactive ketones (excluding diaryl/α,β-unsaturated/α-hetero) is 1. The fourth-order valence-electron chi connectivity index (χ4n) is 1.06. The van der Waals surface area contributed by atoms with Gasteiger partial charge in [0.15, 0.2) is 0 Å². The van der Waals surface area contributed by atoms with E-state index in [1.54, 1.807) is 13.0 Å². The molecule has 0 N–H and O–H groups in total. The van der Waals surface area contributed by atoms with E-state index in [0.717, 1.165) is 25.7 Å². The molecule has 0 atom stereocenters. The maximum Gasteiger partial charge on any atom is 0.330 e. The van der Waals surface area contributed by atoms with Gasteiger partial charge >= 0.3 is 5.97 Å². The van der Waals surface area contributed by atoms with Crippen LogP contribution >= 0.6 is 0 Å². The van der Waals surface area contributed by atoms with Crippen molar-refractivity contribution in [2.24, 2.45) is 0 Å². The minimum atomic E-state index is -0.311. The average Bonchev–Trinajstić information content (AvgIpc) is 2.15. The van der Waals surface area contributed by atoms with Crippen LogP contribution in [0.1, 0.15) is 39.0 Å². The van der Waals surface area contributed by atoms with Crippen LogP contribution in [0.3, 0.4) is 0 Å². The standard InChI is InChI=1S/C11H18O3/c1-10(12)8-6-4-3-5-7-9-11(13)14-2/h7,9H,3-6,8H2,1-2H3/b9-7-. The molecule has 0 saturated heterocycles. The number of hydrogen-bond acceptors (Lipinski definition) is 3. The molecule has 0 aromatic carbocycles. The number of unbranched alkanes of at least 4 members (excludes halogenated alkanes) is 3. The Morgan fingerprint density at radius 3 is 2.50 bits per heavy atom. The molecule has 0 heterocycles. The van der Waals surface area contributed by atoms with Crippen molar-refractivity contribution in [2.45, 2.75) is 39.0 Å². The molecule has 3 nitrogen and oxygen atoms in total. The van der Waals surface area contributed by atoms with Crippen molar-refractivity contribution in [3.63, 3.8) is 0 Å². The molecule has 0 radical (unpaired) electrons. The Labute approximate surface area is 85.1 Å². The number of carbonyl (C=O) groups is 2. The van der Waals surface area contributed by atoms with Gasteiger partial charge in [0.05, 0.1) is 7.11 Å². The summed E-state index contributed by atoms with van der Waals surface area (Å²) in [6.07, 6.45) is 7.77. The summed E-state index contributed by atoms with van der Waals surface area (Å²) in [4.78, 5) is 21.2. The molecular weight excluding hydrogens is 180 g/mol. The second kappa shape index (κ2) is 8.48. The number of ketones is 1. The van der Waals surface area contributed by atoms with E-state index in [4.69, 9.17) is 0 Å². The third-order valence-electron chi connectivity index (χ3n) is 1.85. The Balaban J connectivity index is 3.25. The zero-order valence-electron chi connectivity index (χ0n) is 8.91. The number of carbonyl (C=O) groups excluding carboxylic acids is 2. The highest BCUT2D eigenvalue weighted by Crippen LogP contribution is 2.03. The summed E-state index contributed by atoms with van der Waals surface area (Å²) in [5, 5.41) is 0. The van der Waals surface area contributed by atoms with E-state index in [1.165, 1.54) is 13.2 Å². The topological polar surface area (TPSA) is 43.4 Å². The van der Waals surface area contributed by atoms with Crippen molar-refractivity contribution < 1.29 is 14.3 Å². The molecule has 0 amide bonds. The lowest BCUT2D eigenvalue weighted by atomic mass is 10.1. The van der Waals surface area contributed by atoms with Crippen LogP contribution < -0.4 is 0 Å². The third kappa shape index (κ3) is 8.97. The van der Waals surface area contributed by atoms with Crippen LogP contribution in [0.25, 0.3) is 0 Å². The summed E-state index contributed by atoms with van der Waals surface area (Å²) >= 11 is 0. The van der Waals surface area contributed by atoms with Gasteiger partial charge < -0.3 is 9.53 Å². The highest BCUT2D eigenvalue weighted by Gasteiger charge is 1.93. The van der Waals surface area contributed by atoms with Crippen molar-refractivity contribution in [3.05, 3.63) is 12.2 Å². The lowest BCUT2D eigenvalue weighted by molar-refractivity contribution is -0.134. The van der Waals surface area contributed by atoms with Crippen molar-refractivity contribution in [1.82, 2.24) is 0 Å². The van der Waals surface area contributed by atoms with Gasteiger partial charge in [-0.2, -0.15) is 0 Å². The van der Waals surface area contributed by atoms with Crippen molar-refractivity contribution in [3.8, 4) is 0 Å². The Kier molecular flexibility index (Phi) is 7.80. The zero-order chi connectivity index (χ0) is 10.8. The number of allylic oxidation sites excluding steroid dienone is 1. The van der Waals surface area contributed by atoms with Gasteiger partial charge in [-0.1, -0.05) is 12.5 Å². The molecule has 0 saturated carbocycles. The van der Waals surface area contributed by atoms with Crippen LogP contribution in [0.2, 0.25) is 0 Å². The van der Waals surface area contributed by atoms with Crippen LogP contribution in [0.4, 0.5) is 0 Å². The molecule has 0 unspecified atom stereocenters. The fraction of sp³-hybridized carbons (Fsp3) is 0.636. The van der Waals surface area contributed by atoms with Gasteiger partial charge in [0.1, 0.15) is 5.78 Å². The van der Waals surface area contributed by atoms with Crippen molar-refractivity contribution >= 4 is 11.8 Å². The zero-order valence-corrected chi connectivity index (χ0v) is 8.91. The summed E-state index contributed by atoms with van der Waals surface area (Å²) < 4.78 is 4.44. The molecule has 0 aliphatic heterocycles. The number of rotatable bonds is 7. The summed E-state index contributed by atoms with van der Waals surface area (Å²) in [5.41, 5.74) is 0. The highest BCUT2D eigenvalue weighted by atomic mass is 16.5. The van der Waals surface area contributed by atoms with Crippen LogP contribution in [0, 0.1) is 0 Å². The minimum absolute atomic E-state index is 0.245. The Bertz CT molecular complexity index is 207. The molecular formula is C11H18O3. The first kappa shape index (κ1) is 12.9. The van der Waals surface area contributed by atoms with Gasteiger partial charge in [-0.25, -0.2) is 4.79 Å². The van der Waals surface area contributed by atoms with Crippen LogP contribution in [0.15, 0.2) is 12.2 Å². The number of ether oxygens (including phenoxy) is 1. The maximum absolute atomic E-state index is 10.6. The van der Waals surface area contributed by atoms with Crippen molar-refractivity contribution in [2.75, 3.05) is 7.11 Å². The van der Waals surface area contributed by atoms with E-state index in [0.29, 0.717) is 6.42 Å². The summed E-state index contributed by atoms with van der Waals surface area (Å²) in [6.45, 7) is 1.61. The summed E-state index contributed by atoms with van der Waals surface area (Å²) in [5.74, 6) is -0.0659. The smallest absolute Gasteiger partial charge is 0.330 e. The second-order valence-electron chi connectivity index (χ2n) is 3.23. The maximum atomic E-state index is 10.6. The summed E-state index contributed by atoms with van der Waals surface area (Å²) in [7, 11) is 1.36. The molecule has 0 bridgehead atoms. The van der Waals surface area contributed by atoms with Crippen LogP contribution in [-0.2, 0) is 14.3 Å². The largest absolute Gasteiger partial charge is 0.466 e. The lowest BCUT2D eigenvalue weighted by Gasteiger charge is -1.95. The van der Waals surface area contributed by atoms with E-state index in [2.05, 4.69) is 4.74 Å². The second-order valence-corrected chi connectivity index (χ2v) is 3.23. The first-order valence-electron chi connectivity index (χ1n) is 4.90. The normalized spacial score (nSPS) is 10.4. The monoisotopic (exact) mass is 198 g/mol. The number of methoxy groups -OCH3 is 1. The first-order chi connectivity index (χ1) is 6.66. The van der Waals surface area contributed by atoms with Gasteiger partial charge in [-0.05, 0) is 26.2 Å². The SMILES string of the molecule is COC(=O)/C=C\CCCCCC(C)=O. The predicted octanol–water partition coefficient (Wildman–Crippen LogP) is 2.26. The minimum Gasteiger partial charge on any atom is -0.466 e. The average molecular weight is 198 g/mol. The molecule has 0 aliphatic carbocycles. The van der Waals surface area contributed by atoms with Crippen LogP contribution in [0.5, 0.6) is 0 Å². The van der Waals surface area contributed by atoms with Gasteiger partial charge in [-0.3, -0.25) is 0 Å². The van der Waals surface area contributed by atoms with Gasteiger partial charge in [-0.15, -0.1) is 0 Å². The first-order valence-corrected chi connectivity index (χ1v) is 4.90. The fourth-order valence-corrected chi connectivity index (χ4v) is 1.06. The molecule has 0 aromatic rings. The Hall–Kier alpha value is -1.12. The molecule has 0 aromatic heterocycles. The predicted molar refractivity (Wildman–Crippen MR) is 54.9 cm³/mol. The quantitative estimate of drug-likeness (QED) is 0.358. The molecule has 0 rings (SSSR count). The van der Waals surface area contributed by atoms with E-state index in [9.17, 15) is 9.59 Å². The molecule has 80 valence electrons. The summed E-state index contributed by atoms with van der Waals surface area (Å²) in [6, 6.07) is 0. The van der Waals surface area contributed by atoms with Gasteiger partial charge in [0.25, 0.3) is 0 Å². The lowest BCUT2D eigenvalue weighted by Crippen LogP contribution is -1.93. The molecule has 14 heavy (non-hydrogen) atoms. The molecule has 3 heteroatoms. The third-order valence-corrected chi connectivity index (χ3v) is 1.85. The van der Waals surface area contributed by atoms with Gasteiger partial charge in [0.2, 0.25) is 0 Å². The molecule has 0 spiro atoms. The Morgan fingerprint density at radius 1 is 1.21 bits per heavy atom. The number of hydrogen-bond donors (Lipinski definition) is 0. The van der Waals surface area contributed by atoms with E-state index < -0.39 is 0 Å². The van der Waals surface area contributed by atoms with E-state index >= 15 is 0 Å². The van der Waals surface area contributed by atoms with Gasteiger partial charge in [0, 0.05) is 12.5 Å². The number of esters is 1. The molecule has 0 aliphatic rings. The van der Waals surface area contributed by atoms with Crippen molar-refractivity contribution in [1.29, 1.82) is 0 Å². The van der Waals surface area contributed by atoms with E-state index in [1.807, 2.05) is 0 Å². The van der Waals surface area contributed by atoms with Crippen LogP contribution in [-0.4, -0.2) is 18.9 Å². The highest BCUT2D eigenvalue weighted by molar-refractivity contribution is 5.81.